The first-order valence-corrected chi connectivity index (χ1v) is 8.86. The molecule has 1 saturated heterocycles. The molecule has 0 aromatic heterocycles. The van der Waals surface area contributed by atoms with Crippen LogP contribution >= 0.6 is 0 Å². The number of rotatable bonds is 4. The molecule has 2 rings (SSSR count). The second kappa shape index (κ2) is 7.06. The van der Waals surface area contributed by atoms with E-state index in [4.69, 9.17) is 0 Å². The van der Waals surface area contributed by atoms with Gasteiger partial charge in [0.05, 0.1) is 5.54 Å². The molecule has 0 amide bonds. The number of Topliss-reactive ketones (excluding diaryl/α,β-unsaturated/α-hetero) is 1. The summed E-state index contributed by atoms with van der Waals surface area (Å²) in [4.78, 5) is 15.6. The molecular weight excluding hydrogens is 246 g/mol. The molecule has 0 bridgehead atoms. The van der Waals surface area contributed by atoms with Gasteiger partial charge < -0.3 is 0 Å². The Bertz CT molecular complexity index is 315. The van der Waals surface area contributed by atoms with Crippen molar-refractivity contribution in [2.75, 3.05) is 13.1 Å². The molecule has 2 aliphatic rings. The predicted molar refractivity (Wildman–Crippen MR) is 84.9 cm³/mol. The molecule has 0 spiro atoms. The van der Waals surface area contributed by atoms with Crippen LogP contribution in [0.15, 0.2) is 0 Å². The summed E-state index contributed by atoms with van der Waals surface area (Å²) in [5, 5.41) is 0. The average molecular weight is 279 g/mol. The van der Waals surface area contributed by atoms with Crippen LogP contribution in [0, 0.1) is 11.8 Å². The largest absolute Gasteiger partial charge is 0.297 e. The van der Waals surface area contributed by atoms with Crippen LogP contribution in [-0.2, 0) is 4.79 Å². The van der Waals surface area contributed by atoms with Crippen molar-refractivity contribution in [3.63, 3.8) is 0 Å². The molecular formula is C18H33NO. The van der Waals surface area contributed by atoms with Gasteiger partial charge >= 0.3 is 0 Å². The highest BCUT2D eigenvalue weighted by Gasteiger charge is 2.41. The van der Waals surface area contributed by atoms with Crippen molar-refractivity contribution in [1.29, 1.82) is 0 Å². The third kappa shape index (κ3) is 3.44. The molecule has 2 unspecified atom stereocenters. The van der Waals surface area contributed by atoms with Crippen LogP contribution in [0.4, 0.5) is 0 Å². The highest BCUT2D eigenvalue weighted by atomic mass is 16.1. The third-order valence-corrected chi connectivity index (χ3v) is 5.77. The molecule has 2 heteroatoms. The molecule has 2 fully saturated rings. The summed E-state index contributed by atoms with van der Waals surface area (Å²) in [6.45, 7) is 8.85. The minimum atomic E-state index is -0.250. The van der Waals surface area contributed by atoms with Crippen molar-refractivity contribution in [3.8, 4) is 0 Å². The van der Waals surface area contributed by atoms with Crippen LogP contribution in [-0.4, -0.2) is 29.3 Å². The van der Waals surface area contributed by atoms with Gasteiger partial charge in [-0.2, -0.15) is 0 Å². The number of hydrogen-bond acceptors (Lipinski definition) is 2. The van der Waals surface area contributed by atoms with Gasteiger partial charge in [-0.15, -0.1) is 0 Å². The Morgan fingerprint density at radius 3 is 2.20 bits per heavy atom. The lowest BCUT2D eigenvalue weighted by atomic mass is 9.71. The van der Waals surface area contributed by atoms with Gasteiger partial charge in [-0.05, 0) is 58.5 Å². The number of carbonyl (C=O) groups excluding carboxylic acids is 1. The first kappa shape index (κ1) is 16.0. The number of nitrogens with zero attached hydrogens (tertiary/aromatic N) is 1. The SMILES string of the molecule is CCC1CCCCC1C(=O)C(C)(C)N1CCCCCC1. The molecule has 1 aliphatic heterocycles. The van der Waals surface area contributed by atoms with E-state index in [-0.39, 0.29) is 5.54 Å². The molecule has 20 heavy (non-hydrogen) atoms. The first-order valence-electron chi connectivity index (χ1n) is 8.86. The molecule has 2 atom stereocenters. The first-order chi connectivity index (χ1) is 9.57. The van der Waals surface area contributed by atoms with Crippen LogP contribution < -0.4 is 0 Å². The van der Waals surface area contributed by atoms with Gasteiger partial charge in [0, 0.05) is 5.92 Å². The summed E-state index contributed by atoms with van der Waals surface area (Å²) in [5.41, 5.74) is -0.250. The molecule has 0 aromatic carbocycles. The van der Waals surface area contributed by atoms with E-state index < -0.39 is 0 Å². The third-order valence-electron chi connectivity index (χ3n) is 5.77. The van der Waals surface area contributed by atoms with Crippen LogP contribution in [0.25, 0.3) is 0 Å². The van der Waals surface area contributed by atoms with Crippen molar-refractivity contribution < 1.29 is 4.79 Å². The van der Waals surface area contributed by atoms with Crippen LogP contribution in [0.5, 0.6) is 0 Å². The Morgan fingerprint density at radius 1 is 1.00 bits per heavy atom. The monoisotopic (exact) mass is 279 g/mol. The fraction of sp³-hybridized carbons (Fsp3) is 0.944. The minimum absolute atomic E-state index is 0.250. The smallest absolute Gasteiger partial charge is 0.155 e. The highest BCUT2D eigenvalue weighted by Crippen LogP contribution is 2.37. The molecule has 0 aromatic rings. The standard InChI is InChI=1S/C18H33NO/c1-4-15-11-7-8-12-16(15)17(20)18(2,3)19-13-9-5-6-10-14-19/h15-16H,4-14H2,1-3H3. The lowest BCUT2D eigenvalue weighted by Gasteiger charge is -2.41. The van der Waals surface area contributed by atoms with Gasteiger partial charge in [0.1, 0.15) is 0 Å². The Labute approximate surface area is 125 Å². The van der Waals surface area contributed by atoms with Gasteiger partial charge in [0.15, 0.2) is 5.78 Å². The van der Waals surface area contributed by atoms with Crippen LogP contribution in [0.3, 0.4) is 0 Å². The second-order valence-corrected chi connectivity index (χ2v) is 7.38. The van der Waals surface area contributed by atoms with E-state index in [2.05, 4.69) is 25.7 Å². The predicted octanol–water partition coefficient (Wildman–Crippen LogP) is 4.43. The molecule has 116 valence electrons. The van der Waals surface area contributed by atoms with Crippen LogP contribution in [0.2, 0.25) is 0 Å². The molecule has 2 nitrogen and oxygen atoms in total. The van der Waals surface area contributed by atoms with E-state index in [1.807, 2.05) is 0 Å². The second-order valence-electron chi connectivity index (χ2n) is 7.38. The Morgan fingerprint density at radius 2 is 1.60 bits per heavy atom. The van der Waals surface area contributed by atoms with Gasteiger partial charge in [0.2, 0.25) is 0 Å². The number of hydrogen-bond donors (Lipinski definition) is 0. The average Bonchev–Trinajstić information content (AvgIpc) is 2.76. The van der Waals surface area contributed by atoms with Crippen molar-refractivity contribution in [2.24, 2.45) is 11.8 Å². The lowest BCUT2D eigenvalue weighted by molar-refractivity contribution is -0.136. The minimum Gasteiger partial charge on any atom is -0.297 e. The zero-order valence-corrected chi connectivity index (χ0v) is 13.8. The van der Waals surface area contributed by atoms with E-state index in [9.17, 15) is 4.79 Å². The summed E-state index contributed by atoms with van der Waals surface area (Å²) in [5.74, 6) is 1.50. The fourth-order valence-electron chi connectivity index (χ4n) is 4.28. The van der Waals surface area contributed by atoms with Gasteiger partial charge in [-0.25, -0.2) is 0 Å². The van der Waals surface area contributed by atoms with E-state index in [1.165, 1.54) is 51.4 Å². The fourth-order valence-corrected chi connectivity index (χ4v) is 4.28. The Kier molecular flexibility index (Phi) is 5.65. The highest BCUT2D eigenvalue weighted by molar-refractivity contribution is 5.90. The van der Waals surface area contributed by atoms with Gasteiger partial charge in [-0.3, -0.25) is 9.69 Å². The molecule has 1 heterocycles. The molecule has 0 radical (unpaired) electrons. The van der Waals surface area contributed by atoms with Crippen molar-refractivity contribution in [2.45, 2.75) is 84.1 Å². The normalized spacial score (nSPS) is 29.9. The summed E-state index contributed by atoms with van der Waals surface area (Å²) < 4.78 is 0. The quantitative estimate of drug-likeness (QED) is 0.759. The molecule has 0 N–H and O–H groups in total. The van der Waals surface area contributed by atoms with E-state index in [0.717, 1.165) is 19.5 Å². The summed E-state index contributed by atoms with van der Waals surface area (Å²) in [7, 11) is 0. The zero-order chi connectivity index (χ0) is 14.6. The maximum absolute atomic E-state index is 13.2. The zero-order valence-electron chi connectivity index (χ0n) is 13.8. The van der Waals surface area contributed by atoms with Crippen molar-refractivity contribution in [3.05, 3.63) is 0 Å². The van der Waals surface area contributed by atoms with Gasteiger partial charge in [-0.1, -0.05) is 39.0 Å². The maximum atomic E-state index is 13.2. The van der Waals surface area contributed by atoms with E-state index in [0.29, 0.717) is 17.6 Å². The Balaban J connectivity index is 2.07. The summed E-state index contributed by atoms with van der Waals surface area (Å²) >= 11 is 0. The number of likely N-dealkylation sites (tertiary alicyclic amines) is 1. The maximum Gasteiger partial charge on any atom is 0.155 e. The van der Waals surface area contributed by atoms with Crippen LogP contribution in [0.1, 0.15) is 78.6 Å². The molecule has 1 saturated carbocycles. The Hall–Kier alpha value is -0.370. The topological polar surface area (TPSA) is 20.3 Å². The number of carbonyl (C=O) groups is 1. The van der Waals surface area contributed by atoms with Gasteiger partial charge in [0.25, 0.3) is 0 Å². The molecule has 1 aliphatic carbocycles. The lowest BCUT2D eigenvalue weighted by Crippen LogP contribution is -2.54. The summed E-state index contributed by atoms with van der Waals surface area (Å²) in [6, 6.07) is 0. The van der Waals surface area contributed by atoms with Crippen molar-refractivity contribution >= 4 is 5.78 Å². The summed E-state index contributed by atoms with van der Waals surface area (Å²) in [6.07, 6.45) is 11.3. The van der Waals surface area contributed by atoms with E-state index in [1.54, 1.807) is 0 Å². The van der Waals surface area contributed by atoms with Crippen molar-refractivity contribution in [1.82, 2.24) is 4.90 Å². The number of ketones is 1. The van der Waals surface area contributed by atoms with E-state index >= 15 is 0 Å².